The van der Waals surface area contributed by atoms with Crippen LogP contribution in [0.1, 0.15) is 30.1 Å². The molecule has 22 heavy (non-hydrogen) atoms. The second kappa shape index (κ2) is 5.66. The molecule has 114 valence electrons. The molecule has 3 aromatic rings. The first kappa shape index (κ1) is 13.7. The lowest BCUT2D eigenvalue weighted by Gasteiger charge is -2.24. The molecular formula is C15H17N5OS. The molecule has 1 aliphatic carbocycles. The van der Waals surface area contributed by atoms with Gasteiger partial charge in [-0.3, -0.25) is 4.68 Å². The first-order valence-electron chi connectivity index (χ1n) is 7.47. The molecule has 0 bridgehead atoms. The first-order valence-corrected chi connectivity index (χ1v) is 8.35. The number of anilines is 1. The van der Waals surface area contributed by atoms with Gasteiger partial charge >= 0.3 is 0 Å². The van der Waals surface area contributed by atoms with Crippen LogP contribution >= 0.6 is 11.3 Å². The van der Waals surface area contributed by atoms with Gasteiger partial charge < -0.3 is 10.4 Å². The molecule has 0 radical (unpaired) electrons. The standard InChI is InChI=1S/C15H17N5OS/c21-6-5-20-13-3-1-2-12(11(13)8-18-20)19-14-10-4-7-22-15(10)17-9-16-14/h4,7-9,12,21H,1-3,5-6H2,(H,16,17,19). The van der Waals surface area contributed by atoms with Gasteiger partial charge in [0.2, 0.25) is 0 Å². The number of fused-ring (bicyclic) bond motifs is 2. The number of aromatic nitrogens is 4. The van der Waals surface area contributed by atoms with Gasteiger partial charge in [0.25, 0.3) is 0 Å². The minimum atomic E-state index is 0.119. The molecule has 0 fully saturated rings. The van der Waals surface area contributed by atoms with Gasteiger partial charge in [0, 0.05) is 11.3 Å². The molecule has 1 unspecified atom stereocenters. The Morgan fingerprint density at radius 2 is 2.36 bits per heavy atom. The third kappa shape index (κ3) is 2.26. The molecule has 0 saturated carbocycles. The molecule has 1 atom stereocenters. The lowest BCUT2D eigenvalue weighted by atomic mass is 9.93. The molecule has 0 aliphatic heterocycles. The van der Waals surface area contributed by atoms with Crippen LogP contribution in [-0.4, -0.2) is 31.5 Å². The molecule has 7 heteroatoms. The number of thiophene rings is 1. The highest BCUT2D eigenvalue weighted by molar-refractivity contribution is 7.16. The topological polar surface area (TPSA) is 75.9 Å². The van der Waals surface area contributed by atoms with Gasteiger partial charge in [-0.15, -0.1) is 11.3 Å². The van der Waals surface area contributed by atoms with Crippen molar-refractivity contribution in [2.45, 2.75) is 31.8 Å². The number of nitrogens with zero attached hydrogens (tertiary/aromatic N) is 4. The van der Waals surface area contributed by atoms with Crippen LogP contribution in [0.15, 0.2) is 24.0 Å². The Labute approximate surface area is 131 Å². The quantitative estimate of drug-likeness (QED) is 0.773. The molecule has 0 spiro atoms. The molecule has 6 nitrogen and oxygen atoms in total. The smallest absolute Gasteiger partial charge is 0.138 e. The van der Waals surface area contributed by atoms with E-state index in [-0.39, 0.29) is 12.6 Å². The van der Waals surface area contributed by atoms with E-state index in [4.69, 9.17) is 5.11 Å². The second-order valence-corrected chi connectivity index (χ2v) is 6.34. The largest absolute Gasteiger partial charge is 0.394 e. The summed E-state index contributed by atoms with van der Waals surface area (Å²) in [6.45, 7) is 0.679. The summed E-state index contributed by atoms with van der Waals surface area (Å²) in [6, 6.07) is 2.27. The van der Waals surface area contributed by atoms with Crippen LogP contribution in [0.4, 0.5) is 5.82 Å². The number of aliphatic hydroxyl groups is 1. The summed E-state index contributed by atoms with van der Waals surface area (Å²) in [5.74, 6) is 0.888. The van der Waals surface area contributed by atoms with Crippen molar-refractivity contribution in [2.75, 3.05) is 11.9 Å². The van der Waals surface area contributed by atoms with Gasteiger partial charge in [-0.2, -0.15) is 5.10 Å². The van der Waals surface area contributed by atoms with E-state index in [1.54, 1.807) is 17.7 Å². The van der Waals surface area contributed by atoms with Crippen LogP contribution in [0.3, 0.4) is 0 Å². The van der Waals surface area contributed by atoms with E-state index in [0.29, 0.717) is 6.54 Å². The van der Waals surface area contributed by atoms with E-state index in [1.807, 2.05) is 16.3 Å². The molecule has 4 rings (SSSR count). The van der Waals surface area contributed by atoms with Crippen molar-refractivity contribution in [3.05, 3.63) is 35.2 Å². The number of nitrogens with one attached hydrogen (secondary N) is 1. The summed E-state index contributed by atoms with van der Waals surface area (Å²) in [7, 11) is 0. The van der Waals surface area contributed by atoms with Gasteiger partial charge in [-0.1, -0.05) is 0 Å². The summed E-state index contributed by atoms with van der Waals surface area (Å²) >= 11 is 1.62. The molecule has 1 aliphatic rings. The molecule has 0 saturated heterocycles. The lowest BCUT2D eigenvalue weighted by Crippen LogP contribution is -2.19. The molecule has 3 heterocycles. The van der Waals surface area contributed by atoms with Gasteiger partial charge in [0.05, 0.1) is 30.8 Å². The van der Waals surface area contributed by atoms with Crippen LogP contribution in [0.2, 0.25) is 0 Å². The Kier molecular flexibility index (Phi) is 3.51. The molecule has 2 N–H and O–H groups in total. The van der Waals surface area contributed by atoms with E-state index < -0.39 is 0 Å². The molecule has 3 aromatic heterocycles. The van der Waals surface area contributed by atoms with Gasteiger partial charge in [0.1, 0.15) is 17.0 Å². The average molecular weight is 315 g/mol. The van der Waals surface area contributed by atoms with Crippen LogP contribution < -0.4 is 5.32 Å². The number of rotatable bonds is 4. The summed E-state index contributed by atoms with van der Waals surface area (Å²) in [5.41, 5.74) is 2.45. The van der Waals surface area contributed by atoms with E-state index in [9.17, 15) is 0 Å². The predicted molar refractivity (Wildman–Crippen MR) is 86.0 cm³/mol. The van der Waals surface area contributed by atoms with E-state index in [0.717, 1.165) is 35.3 Å². The van der Waals surface area contributed by atoms with Crippen molar-refractivity contribution >= 4 is 27.4 Å². The maximum Gasteiger partial charge on any atom is 0.138 e. The van der Waals surface area contributed by atoms with E-state index in [1.165, 1.54) is 11.3 Å². The fraction of sp³-hybridized carbons (Fsp3) is 0.400. The Hall–Kier alpha value is -1.99. The van der Waals surface area contributed by atoms with Crippen molar-refractivity contribution in [3.8, 4) is 0 Å². The average Bonchev–Trinajstić information content (AvgIpc) is 3.16. The number of aliphatic hydroxyl groups excluding tert-OH is 1. The monoisotopic (exact) mass is 315 g/mol. The summed E-state index contributed by atoms with van der Waals surface area (Å²) in [4.78, 5) is 9.70. The first-order chi connectivity index (χ1) is 10.9. The molecular weight excluding hydrogens is 298 g/mol. The van der Waals surface area contributed by atoms with E-state index >= 15 is 0 Å². The third-order valence-electron chi connectivity index (χ3n) is 4.15. The minimum absolute atomic E-state index is 0.119. The lowest BCUT2D eigenvalue weighted by molar-refractivity contribution is 0.266. The Morgan fingerprint density at radius 3 is 3.27 bits per heavy atom. The molecule has 0 aromatic carbocycles. The highest BCUT2D eigenvalue weighted by atomic mass is 32.1. The van der Waals surface area contributed by atoms with Crippen LogP contribution in [0.5, 0.6) is 0 Å². The van der Waals surface area contributed by atoms with Gasteiger partial charge in [0.15, 0.2) is 0 Å². The van der Waals surface area contributed by atoms with Crippen molar-refractivity contribution < 1.29 is 5.11 Å². The zero-order valence-electron chi connectivity index (χ0n) is 12.1. The Bertz CT molecular complexity index is 796. The maximum absolute atomic E-state index is 9.14. The Balaban J connectivity index is 1.66. The fourth-order valence-corrected chi connectivity index (χ4v) is 3.86. The summed E-state index contributed by atoms with van der Waals surface area (Å²) in [5, 5.41) is 20.2. The summed E-state index contributed by atoms with van der Waals surface area (Å²) in [6.07, 6.45) is 6.73. The number of hydrogen-bond donors (Lipinski definition) is 2. The summed E-state index contributed by atoms with van der Waals surface area (Å²) < 4.78 is 1.92. The molecule has 0 amide bonds. The SMILES string of the molecule is OCCn1ncc2c1CCCC2Nc1ncnc2sccc12. The van der Waals surface area contributed by atoms with E-state index in [2.05, 4.69) is 26.4 Å². The zero-order valence-corrected chi connectivity index (χ0v) is 12.9. The van der Waals surface area contributed by atoms with Crippen LogP contribution in [0.25, 0.3) is 10.2 Å². The normalized spacial score (nSPS) is 17.6. The van der Waals surface area contributed by atoms with Crippen LogP contribution in [-0.2, 0) is 13.0 Å². The highest BCUT2D eigenvalue weighted by Crippen LogP contribution is 2.34. The van der Waals surface area contributed by atoms with Crippen molar-refractivity contribution in [2.24, 2.45) is 0 Å². The predicted octanol–water partition coefficient (Wildman–Crippen LogP) is 2.37. The van der Waals surface area contributed by atoms with Gasteiger partial charge in [-0.05, 0) is 30.7 Å². The number of hydrogen-bond acceptors (Lipinski definition) is 6. The van der Waals surface area contributed by atoms with Crippen molar-refractivity contribution in [3.63, 3.8) is 0 Å². The van der Waals surface area contributed by atoms with Crippen LogP contribution in [0, 0.1) is 0 Å². The third-order valence-corrected chi connectivity index (χ3v) is 4.97. The maximum atomic E-state index is 9.14. The second-order valence-electron chi connectivity index (χ2n) is 5.44. The highest BCUT2D eigenvalue weighted by Gasteiger charge is 2.24. The van der Waals surface area contributed by atoms with Gasteiger partial charge in [-0.25, -0.2) is 9.97 Å². The zero-order chi connectivity index (χ0) is 14.9. The Morgan fingerprint density at radius 1 is 1.41 bits per heavy atom. The van der Waals surface area contributed by atoms with Crippen molar-refractivity contribution in [1.29, 1.82) is 0 Å². The van der Waals surface area contributed by atoms with Crippen molar-refractivity contribution in [1.82, 2.24) is 19.7 Å². The minimum Gasteiger partial charge on any atom is -0.394 e. The fourth-order valence-electron chi connectivity index (χ4n) is 3.13.